The van der Waals surface area contributed by atoms with Crippen molar-refractivity contribution in [3.8, 4) is 33.9 Å². The molecule has 0 bridgehead atoms. The summed E-state index contributed by atoms with van der Waals surface area (Å²) in [6.45, 7) is 7.59. The lowest BCUT2D eigenvalue weighted by atomic mass is 10.0. The van der Waals surface area contributed by atoms with Crippen molar-refractivity contribution >= 4 is 16.9 Å². The molecular weight excluding hydrogens is 526 g/mol. The molecule has 1 N–H and O–H groups in total. The van der Waals surface area contributed by atoms with Crippen LogP contribution in [0.4, 0.5) is 0 Å². The summed E-state index contributed by atoms with van der Waals surface area (Å²) in [6, 6.07) is 18.4. The largest absolute Gasteiger partial charge is 0.461 e. The molecule has 0 radical (unpaired) electrons. The van der Waals surface area contributed by atoms with Crippen molar-refractivity contribution in [2.24, 2.45) is 0 Å². The van der Waals surface area contributed by atoms with Gasteiger partial charge in [-0.2, -0.15) is 0 Å². The number of piperazine rings is 1. The lowest BCUT2D eigenvalue weighted by Crippen LogP contribution is -2.50. The number of hydrogen-bond acceptors (Lipinski definition) is 8. The Morgan fingerprint density at radius 1 is 0.976 bits per heavy atom. The Labute approximate surface area is 244 Å². The van der Waals surface area contributed by atoms with Gasteiger partial charge in [0.15, 0.2) is 0 Å². The van der Waals surface area contributed by atoms with Gasteiger partial charge >= 0.3 is 5.97 Å². The monoisotopic (exact) mass is 559 g/mol. The van der Waals surface area contributed by atoms with Crippen LogP contribution in [-0.2, 0) is 4.74 Å². The topological polar surface area (TPSA) is 100 Å². The molecule has 9 nitrogen and oxygen atoms in total. The Balaban J connectivity index is 1.03. The number of ether oxygens (including phenoxy) is 1. The molecule has 2 aliphatic heterocycles. The molecule has 6 heterocycles. The summed E-state index contributed by atoms with van der Waals surface area (Å²) in [6.07, 6.45) is 7.66. The highest BCUT2D eigenvalue weighted by molar-refractivity contribution is 5.91. The van der Waals surface area contributed by atoms with Gasteiger partial charge in [0.2, 0.25) is 0 Å². The van der Waals surface area contributed by atoms with Crippen molar-refractivity contribution in [2.45, 2.75) is 25.8 Å². The molecule has 2 fully saturated rings. The van der Waals surface area contributed by atoms with Crippen LogP contribution in [0.2, 0.25) is 0 Å². The van der Waals surface area contributed by atoms with Gasteiger partial charge in [0.1, 0.15) is 6.61 Å². The summed E-state index contributed by atoms with van der Waals surface area (Å²) < 4.78 is 5.58. The molecule has 5 aromatic rings. The lowest BCUT2D eigenvalue weighted by molar-refractivity contribution is 0.0393. The van der Waals surface area contributed by atoms with Crippen LogP contribution < -0.4 is 0 Å². The highest BCUT2D eigenvalue weighted by Gasteiger charge is 2.30. The quantitative estimate of drug-likeness (QED) is 0.278. The fraction of sp³-hybridized carbons (Fsp3) is 0.303. The van der Waals surface area contributed by atoms with E-state index in [1.807, 2.05) is 49.5 Å². The van der Waals surface area contributed by atoms with E-state index in [1.54, 1.807) is 18.6 Å². The Hall–Kier alpha value is -4.47. The third-order valence-electron chi connectivity index (χ3n) is 8.35. The average molecular weight is 560 g/mol. The number of hydrogen-bond donors (Lipinski definition) is 1. The molecule has 9 heteroatoms. The Morgan fingerprint density at radius 2 is 1.90 bits per heavy atom. The summed E-state index contributed by atoms with van der Waals surface area (Å²) in [4.78, 5) is 39.4. The lowest BCUT2D eigenvalue weighted by Gasteiger charge is -2.37. The zero-order valence-corrected chi connectivity index (χ0v) is 23.7. The van der Waals surface area contributed by atoms with Crippen molar-refractivity contribution in [1.29, 1.82) is 0 Å². The number of aromatic amines is 1. The van der Waals surface area contributed by atoms with E-state index in [2.05, 4.69) is 46.9 Å². The van der Waals surface area contributed by atoms with Crippen LogP contribution >= 0.6 is 0 Å². The average Bonchev–Trinajstić information content (AvgIpc) is 3.71. The van der Waals surface area contributed by atoms with Crippen molar-refractivity contribution in [1.82, 2.24) is 34.7 Å². The highest BCUT2D eigenvalue weighted by atomic mass is 16.5. The van der Waals surface area contributed by atoms with Gasteiger partial charge in [-0.15, -0.1) is 0 Å². The normalized spacial score (nSPS) is 17.4. The first-order valence-corrected chi connectivity index (χ1v) is 14.6. The Kier molecular flexibility index (Phi) is 7.19. The van der Waals surface area contributed by atoms with Gasteiger partial charge in [-0.3, -0.25) is 24.8 Å². The van der Waals surface area contributed by atoms with Crippen molar-refractivity contribution in [3.63, 3.8) is 0 Å². The van der Waals surface area contributed by atoms with Crippen molar-refractivity contribution in [2.75, 3.05) is 39.3 Å². The minimum atomic E-state index is -0.340. The molecule has 4 aromatic heterocycles. The number of carbonyl (C=O) groups excluding carboxylic acids is 1. The minimum Gasteiger partial charge on any atom is -0.461 e. The summed E-state index contributed by atoms with van der Waals surface area (Å²) in [5, 5.41) is 0.972. The van der Waals surface area contributed by atoms with Gasteiger partial charge in [-0.05, 0) is 68.8 Å². The van der Waals surface area contributed by atoms with Gasteiger partial charge in [0.05, 0.1) is 40.2 Å². The van der Waals surface area contributed by atoms with Crippen LogP contribution in [0.25, 0.3) is 44.8 Å². The number of carbonyl (C=O) groups is 1. The molecule has 42 heavy (non-hydrogen) atoms. The summed E-state index contributed by atoms with van der Waals surface area (Å²) in [7, 11) is 0. The van der Waals surface area contributed by atoms with Crippen LogP contribution in [0.15, 0.2) is 73.3 Å². The molecule has 1 unspecified atom stereocenters. The van der Waals surface area contributed by atoms with Crippen LogP contribution in [0.1, 0.15) is 28.9 Å². The molecular formula is C33H33N7O2. The molecule has 0 aliphatic carbocycles. The zero-order valence-electron chi connectivity index (χ0n) is 23.7. The van der Waals surface area contributed by atoms with Gasteiger partial charge < -0.3 is 9.72 Å². The highest BCUT2D eigenvalue weighted by Crippen LogP contribution is 2.31. The number of fused-ring (bicyclic) bond motifs is 2. The van der Waals surface area contributed by atoms with E-state index in [4.69, 9.17) is 4.74 Å². The first-order valence-electron chi connectivity index (χ1n) is 14.6. The van der Waals surface area contributed by atoms with E-state index in [9.17, 15) is 4.79 Å². The second-order valence-corrected chi connectivity index (χ2v) is 11.1. The fourth-order valence-corrected chi connectivity index (χ4v) is 6.10. The number of nitrogens with one attached hydrogen (secondary N) is 1. The molecule has 2 saturated heterocycles. The fourth-order valence-electron chi connectivity index (χ4n) is 6.10. The molecule has 2 aliphatic rings. The predicted molar refractivity (Wildman–Crippen MR) is 162 cm³/mol. The molecule has 1 atom stereocenters. The van der Waals surface area contributed by atoms with Crippen molar-refractivity contribution < 1.29 is 9.53 Å². The third kappa shape index (κ3) is 5.41. The predicted octanol–water partition coefficient (Wildman–Crippen LogP) is 4.99. The summed E-state index contributed by atoms with van der Waals surface area (Å²) in [5.74, 6) is -0.340. The number of nitrogens with zero attached hydrogens (tertiary/aromatic N) is 6. The molecule has 0 spiro atoms. The first-order chi connectivity index (χ1) is 20.6. The van der Waals surface area contributed by atoms with Gasteiger partial charge in [-0.25, -0.2) is 9.78 Å². The van der Waals surface area contributed by atoms with E-state index >= 15 is 0 Å². The summed E-state index contributed by atoms with van der Waals surface area (Å²) >= 11 is 0. The number of benzene rings is 1. The second kappa shape index (κ2) is 11.4. The number of imidazole rings is 1. The number of H-pyrrole nitrogens is 1. The minimum absolute atomic E-state index is 0.340. The first kappa shape index (κ1) is 26.4. The molecule has 1 aromatic carbocycles. The van der Waals surface area contributed by atoms with E-state index in [-0.39, 0.29) is 5.97 Å². The molecule has 7 rings (SSSR count). The van der Waals surface area contributed by atoms with Gasteiger partial charge in [0, 0.05) is 66.8 Å². The number of esters is 1. The maximum absolute atomic E-state index is 12.7. The SMILES string of the molecule is Cc1cccc(-c2[nH]cnc2-c2ccc3ncc(-c4ccc(C(=O)OCCN5CCN6CCCC6C5)cn4)cc3c2)n1. The van der Waals surface area contributed by atoms with Crippen LogP contribution in [0, 0.1) is 6.92 Å². The number of rotatable bonds is 7. The number of aryl methyl sites for hydroxylation is 1. The second-order valence-electron chi connectivity index (χ2n) is 11.1. The van der Waals surface area contributed by atoms with Gasteiger partial charge in [0.25, 0.3) is 0 Å². The molecule has 212 valence electrons. The summed E-state index contributed by atoms with van der Waals surface area (Å²) in [5.41, 5.74) is 7.42. The number of aromatic nitrogens is 5. The van der Waals surface area contributed by atoms with Crippen LogP contribution in [0.5, 0.6) is 0 Å². The standard InChI is InChI=1S/C33H33N7O2/c1-22-4-2-6-30(38-22)32-31(36-21-37-32)23-7-9-28-25(16-23)17-26(19-35-28)29-10-8-24(18-34-29)33(41)42-15-14-39-12-13-40-11-3-5-27(40)20-39/h2,4,6-10,16-19,21,27H,3,5,11-15,20H2,1H3,(H,36,37). The van der Waals surface area contributed by atoms with Crippen LogP contribution in [-0.4, -0.2) is 86.1 Å². The smallest absolute Gasteiger partial charge is 0.339 e. The Bertz CT molecular complexity index is 1730. The van der Waals surface area contributed by atoms with E-state index in [0.717, 1.165) is 76.7 Å². The van der Waals surface area contributed by atoms with E-state index in [1.165, 1.54) is 19.4 Å². The number of pyridine rings is 3. The van der Waals surface area contributed by atoms with Gasteiger partial charge in [-0.1, -0.05) is 12.1 Å². The molecule has 0 saturated carbocycles. The third-order valence-corrected chi connectivity index (χ3v) is 8.35. The maximum atomic E-state index is 12.7. The van der Waals surface area contributed by atoms with E-state index in [0.29, 0.717) is 18.2 Å². The Morgan fingerprint density at radius 3 is 2.79 bits per heavy atom. The van der Waals surface area contributed by atoms with E-state index < -0.39 is 0 Å². The zero-order chi connectivity index (χ0) is 28.5. The van der Waals surface area contributed by atoms with Crippen LogP contribution in [0.3, 0.4) is 0 Å². The maximum Gasteiger partial charge on any atom is 0.339 e. The molecule has 0 amide bonds. The van der Waals surface area contributed by atoms with Crippen molar-refractivity contribution in [3.05, 3.63) is 84.6 Å².